The lowest BCUT2D eigenvalue weighted by Crippen LogP contribution is -2.57. The topological polar surface area (TPSA) is 199 Å². The number of carboxylic acid groups (broad SMARTS) is 2. The van der Waals surface area contributed by atoms with Gasteiger partial charge in [-0.15, -0.1) is 0 Å². The van der Waals surface area contributed by atoms with Crippen LogP contribution in [0.4, 0.5) is 0 Å². The Kier molecular flexibility index (Phi) is 9.30. The van der Waals surface area contributed by atoms with E-state index in [0.717, 1.165) is 0 Å². The van der Waals surface area contributed by atoms with Crippen LogP contribution in [0.2, 0.25) is 0 Å². The number of benzene rings is 1. The lowest BCUT2D eigenvalue weighted by molar-refractivity contribution is -0.145. The average Bonchev–Trinajstić information content (AvgIpc) is 3.27. The number of nitrogens with zero attached hydrogens (tertiary/aromatic N) is 1. The van der Waals surface area contributed by atoms with Crippen molar-refractivity contribution < 1.29 is 39.3 Å². The first-order valence-electron chi connectivity index (χ1n) is 10.4. The number of hydrogen-bond donors (Lipinski definition) is 6. The van der Waals surface area contributed by atoms with Crippen molar-refractivity contribution in [2.45, 2.75) is 49.9 Å². The highest BCUT2D eigenvalue weighted by molar-refractivity contribution is 5.95. The van der Waals surface area contributed by atoms with Gasteiger partial charge in [0.1, 0.15) is 24.2 Å². The van der Waals surface area contributed by atoms with Crippen molar-refractivity contribution in [1.82, 2.24) is 15.5 Å². The molecule has 0 spiro atoms. The van der Waals surface area contributed by atoms with Crippen LogP contribution in [0, 0.1) is 0 Å². The molecule has 0 aliphatic carbocycles. The van der Waals surface area contributed by atoms with E-state index in [1.807, 2.05) is 0 Å². The summed E-state index contributed by atoms with van der Waals surface area (Å²) in [5, 5.41) is 32.4. The zero-order chi connectivity index (χ0) is 24.5. The van der Waals surface area contributed by atoms with Crippen LogP contribution < -0.4 is 16.4 Å². The van der Waals surface area contributed by atoms with E-state index in [2.05, 4.69) is 10.6 Å². The molecule has 1 aliphatic heterocycles. The van der Waals surface area contributed by atoms with E-state index in [1.165, 1.54) is 4.90 Å². The smallest absolute Gasteiger partial charge is 0.326 e. The number of aliphatic hydroxyl groups excluding tert-OH is 1. The normalized spacial score (nSPS) is 18.1. The summed E-state index contributed by atoms with van der Waals surface area (Å²) in [4.78, 5) is 61.9. The van der Waals surface area contributed by atoms with Crippen LogP contribution in [0.5, 0.6) is 0 Å². The zero-order valence-corrected chi connectivity index (χ0v) is 17.8. The van der Waals surface area contributed by atoms with Crippen molar-refractivity contribution in [3.8, 4) is 0 Å². The molecule has 0 bridgehead atoms. The van der Waals surface area contributed by atoms with Gasteiger partial charge in [-0.25, -0.2) is 4.79 Å². The second kappa shape index (κ2) is 11.9. The van der Waals surface area contributed by atoms with E-state index in [4.69, 9.17) is 10.8 Å². The SMILES string of the molecule is NC(CO)C(=O)N1CCCC1C(=O)NC(CC(=O)O)C(=O)NC(Cc1ccccc1)C(=O)O. The van der Waals surface area contributed by atoms with E-state index >= 15 is 0 Å². The number of carbonyl (C=O) groups is 5. The van der Waals surface area contributed by atoms with E-state index in [-0.39, 0.29) is 19.4 Å². The Labute approximate surface area is 189 Å². The number of rotatable bonds is 11. The maximum atomic E-state index is 12.8. The molecule has 1 aromatic carbocycles. The van der Waals surface area contributed by atoms with Crippen molar-refractivity contribution in [3.05, 3.63) is 35.9 Å². The lowest BCUT2D eigenvalue weighted by Gasteiger charge is -2.28. The van der Waals surface area contributed by atoms with Gasteiger partial charge in [0.05, 0.1) is 13.0 Å². The van der Waals surface area contributed by atoms with Crippen molar-refractivity contribution in [3.63, 3.8) is 0 Å². The molecule has 0 aromatic heterocycles. The highest BCUT2D eigenvalue weighted by Crippen LogP contribution is 2.18. The molecule has 12 heteroatoms. The predicted octanol–water partition coefficient (Wildman–Crippen LogP) is -1.93. The van der Waals surface area contributed by atoms with Gasteiger partial charge in [-0.2, -0.15) is 0 Å². The van der Waals surface area contributed by atoms with Gasteiger partial charge in [0.25, 0.3) is 0 Å². The summed E-state index contributed by atoms with van der Waals surface area (Å²) in [7, 11) is 0. The van der Waals surface area contributed by atoms with Crippen LogP contribution in [0.1, 0.15) is 24.8 Å². The molecule has 1 aliphatic rings. The third-order valence-electron chi connectivity index (χ3n) is 5.26. The molecule has 0 saturated carbocycles. The van der Waals surface area contributed by atoms with Crippen LogP contribution >= 0.6 is 0 Å². The molecular weight excluding hydrogens is 436 g/mol. The molecule has 1 fully saturated rings. The quantitative estimate of drug-likeness (QED) is 0.216. The van der Waals surface area contributed by atoms with E-state index in [9.17, 15) is 34.2 Å². The number of likely N-dealkylation sites (tertiary alicyclic amines) is 1. The minimum atomic E-state index is -1.56. The molecule has 2 rings (SSSR count). The molecule has 3 amide bonds. The number of aliphatic carboxylic acids is 2. The minimum Gasteiger partial charge on any atom is -0.481 e. The largest absolute Gasteiger partial charge is 0.481 e. The Balaban J connectivity index is 2.11. The molecule has 4 unspecified atom stereocenters. The maximum Gasteiger partial charge on any atom is 0.326 e. The van der Waals surface area contributed by atoms with Crippen molar-refractivity contribution in [2.24, 2.45) is 5.73 Å². The number of amides is 3. The summed E-state index contributed by atoms with van der Waals surface area (Å²) in [6.45, 7) is -0.385. The van der Waals surface area contributed by atoms with Crippen LogP contribution in [0.15, 0.2) is 30.3 Å². The maximum absolute atomic E-state index is 12.8. The summed E-state index contributed by atoms with van der Waals surface area (Å²) in [5.41, 5.74) is 6.19. The third-order valence-corrected chi connectivity index (χ3v) is 5.26. The lowest BCUT2D eigenvalue weighted by atomic mass is 10.0. The Morgan fingerprint density at radius 1 is 1.06 bits per heavy atom. The summed E-state index contributed by atoms with van der Waals surface area (Å²) < 4.78 is 0. The Hall–Kier alpha value is -3.51. The number of nitrogens with one attached hydrogen (secondary N) is 2. The summed E-state index contributed by atoms with van der Waals surface area (Å²) >= 11 is 0. The Bertz CT molecular complexity index is 878. The molecule has 7 N–H and O–H groups in total. The first-order chi connectivity index (χ1) is 15.6. The van der Waals surface area contributed by atoms with Crippen molar-refractivity contribution in [2.75, 3.05) is 13.2 Å². The van der Waals surface area contributed by atoms with Gasteiger partial charge >= 0.3 is 11.9 Å². The van der Waals surface area contributed by atoms with E-state index in [1.54, 1.807) is 30.3 Å². The van der Waals surface area contributed by atoms with E-state index in [0.29, 0.717) is 12.0 Å². The highest BCUT2D eigenvalue weighted by atomic mass is 16.4. The minimum absolute atomic E-state index is 0.0421. The second-order valence-electron chi connectivity index (χ2n) is 7.73. The van der Waals surface area contributed by atoms with Gasteiger partial charge < -0.3 is 36.6 Å². The number of carbonyl (C=O) groups excluding carboxylic acids is 3. The number of carboxylic acids is 2. The number of nitrogens with two attached hydrogens (primary N) is 1. The zero-order valence-electron chi connectivity index (χ0n) is 17.8. The standard InChI is InChI=1S/C21H28N4O8/c22-13(11-26)20(31)25-8-4-7-16(25)19(30)23-14(10-17(27)28)18(29)24-15(21(32)33)9-12-5-2-1-3-6-12/h1-3,5-6,13-16,26H,4,7-11,22H2,(H,23,30)(H,24,29)(H,27,28)(H,32,33). The highest BCUT2D eigenvalue weighted by Gasteiger charge is 2.38. The van der Waals surface area contributed by atoms with Crippen molar-refractivity contribution >= 4 is 29.7 Å². The fourth-order valence-corrected chi connectivity index (χ4v) is 3.57. The summed E-state index contributed by atoms with van der Waals surface area (Å²) in [6.07, 6.45) is -0.0789. The first kappa shape index (κ1) is 25.7. The van der Waals surface area contributed by atoms with Crippen LogP contribution in [-0.2, 0) is 30.4 Å². The molecule has 180 valence electrons. The van der Waals surface area contributed by atoms with E-state index < -0.39 is 66.9 Å². The number of hydrogen-bond acceptors (Lipinski definition) is 7. The van der Waals surface area contributed by atoms with Gasteiger partial charge in [0.15, 0.2) is 0 Å². The second-order valence-corrected chi connectivity index (χ2v) is 7.73. The Morgan fingerprint density at radius 3 is 2.30 bits per heavy atom. The van der Waals surface area contributed by atoms with Crippen LogP contribution in [0.3, 0.4) is 0 Å². The summed E-state index contributed by atoms with van der Waals surface area (Å²) in [5.74, 6) is -5.08. The van der Waals surface area contributed by atoms with Crippen LogP contribution in [-0.4, -0.2) is 87.2 Å². The first-order valence-corrected chi connectivity index (χ1v) is 10.4. The third kappa shape index (κ3) is 7.26. The number of aliphatic hydroxyl groups is 1. The van der Waals surface area contributed by atoms with Gasteiger partial charge in [-0.1, -0.05) is 30.3 Å². The van der Waals surface area contributed by atoms with Crippen molar-refractivity contribution in [1.29, 1.82) is 0 Å². The summed E-state index contributed by atoms with van der Waals surface area (Å²) in [6, 6.07) is 3.44. The molecule has 1 aromatic rings. The monoisotopic (exact) mass is 464 g/mol. The molecule has 1 saturated heterocycles. The average molecular weight is 464 g/mol. The Morgan fingerprint density at radius 2 is 1.73 bits per heavy atom. The molecule has 1 heterocycles. The van der Waals surface area contributed by atoms with Crippen LogP contribution in [0.25, 0.3) is 0 Å². The molecule has 4 atom stereocenters. The molecule has 12 nitrogen and oxygen atoms in total. The predicted molar refractivity (Wildman–Crippen MR) is 114 cm³/mol. The molecule has 33 heavy (non-hydrogen) atoms. The fraction of sp³-hybridized carbons (Fsp3) is 0.476. The van der Waals surface area contributed by atoms with Gasteiger partial charge in [-0.3, -0.25) is 19.2 Å². The van der Waals surface area contributed by atoms with Gasteiger partial charge in [-0.05, 0) is 18.4 Å². The molecule has 0 radical (unpaired) electrons. The molecular formula is C21H28N4O8. The van der Waals surface area contributed by atoms with Gasteiger partial charge in [0.2, 0.25) is 17.7 Å². The fourth-order valence-electron chi connectivity index (χ4n) is 3.57. The van der Waals surface area contributed by atoms with Gasteiger partial charge in [0, 0.05) is 13.0 Å².